The van der Waals surface area contributed by atoms with E-state index in [4.69, 9.17) is 26.1 Å². The summed E-state index contributed by atoms with van der Waals surface area (Å²) in [5.74, 6) is -0.377. The minimum Gasteiger partial charge on any atom is -0.491 e. The number of hydrogen-bond acceptors (Lipinski definition) is 12. The van der Waals surface area contributed by atoms with Gasteiger partial charge >= 0.3 is 0 Å². The van der Waals surface area contributed by atoms with Crippen molar-refractivity contribution < 1.29 is 22.7 Å². The normalized spacial score (nSPS) is 19.0. The number of amides is 1. The van der Waals surface area contributed by atoms with Crippen molar-refractivity contribution in [2.24, 2.45) is 16.5 Å². The van der Waals surface area contributed by atoms with Crippen LogP contribution in [0.1, 0.15) is 61.9 Å². The summed E-state index contributed by atoms with van der Waals surface area (Å²) in [6.45, 7) is 12.6. The smallest absolute Gasteiger partial charge is 0.267 e. The standard InChI is InChI=1S/C49H54ClN9O6S/c1-49(2)15-11-35(41(26-49)33-3-5-36(50)6-4-33)28-56-19-21-58(22-20-56)37-7-9-40(44(24-37)59-45-23-34-12-16-51-47(34)53-43(45)27-52-59)48(60)55-66(62,63)39-8-10-46(42(25-39)54-61)65-29-32-13-17-57(18-14-32)38-30-64-31-38/h3-10,12,16,23-25,27,32,38H,11,13-15,17-22,26,28-31H2,1-2H3,(H,51,53)(H,55,60). The average molecular weight is 933 g/mol. The first-order valence-electron chi connectivity index (χ1n) is 22.8. The van der Waals surface area contributed by atoms with E-state index in [0.717, 1.165) is 113 Å². The summed E-state index contributed by atoms with van der Waals surface area (Å²) in [5.41, 5.74) is 7.53. The van der Waals surface area contributed by atoms with Gasteiger partial charge in [0.05, 0.1) is 53.7 Å². The third kappa shape index (κ3) is 9.21. The van der Waals surface area contributed by atoms with Crippen LogP contribution in [0.4, 0.5) is 11.4 Å². The van der Waals surface area contributed by atoms with E-state index in [1.165, 1.54) is 28.8 Å². The molecule has 66 heavy (non-hydrogen) atoms. The molecule has 10 rings (SSSR count). The number of piperazine rings is 1. The predicted molar refractivity (Wildman–Crippen MR) is 256 cm³/mol. The molecule has 0 saturated carbocycles. The number of nitrogens with one attached hydrogen (secondary N) is 2. The zero-order valence-corrected chi connectivity index (χ0v) is 38.8. The maximum atomic E-state index is 14.2. The number of sulfonamides is 1. The van der Waals surface area contributed by atoms with Crippen molar-refractivity contribution in [1.29, 1.82) is 0 Å². The summed E-state index contributed by atoms with van der Waals surface area (Å²) in [6, 6.07) is 21.8. The van der Waals surface area contributed by atoms with Crippen molar-refractivity contribution >= 4 is 66.5 Å². The molecule has 0 spiro atoms. The number of piperidine rings is 1. The molecule has 1 amide bonds. The van der Waals surface area contributed by atoms with Gasteiger partial charge in [-0.25, -0.2) is 22.8 Å². The van der Waals surface area contributed by atoms with Crippen LogP contribution >= 0.6 is 11.6 Å². The first-order chi connectivity index (χ1) is 31.9. The molecular weight excluding hydrogens is 878 g/mol. The summed E-state index contributed by atoms with van der Waals surface area (Å²) in [5, 5.41) is 9.37. The molecule has 3 saturated heterocycles. The van der Waals surface area contributed by atoms with Crippen LogP contribution in [0.5, 0.6) is 5.75 Å². The fraction of sp³-hybridized carbons (Fsp3) is 0.408. The second-order valence-corrected chi connectivity index (χ2v) is 21.0. The highest BCUT2D eigenvalue weighted by Gasteiger charge is 2.32. The Hall–Kier alpha value is -5.65. The lowest BCUT2D eigenvalue weighted by atomic mass is 9.72. The number of anilines is 1. The Bertz CT molecular complexity index is 2930. The Morgan fingerprint density at radius 1 is 0.985 bits per heavy atom. The lowest BCUT2D eigenvalue weighted by Gasteiger charge is -2.41. The number of H-pyrrole nitrogens is 1. The highest BCUT2D eigenvalue weighted by molar-refractivity contribution is 7.90. The number of rotatable bonds is 13. The van der Waals surface area contributed by atoms with E-state index in [0.29, 0.717) is 40.9 Å². The summed E-state index contributed by atoms with van der Waals surface area (Å²) < 4.78 is 43.0. The number of fused-ring (bicyclic) bond motifs is 2. The fourth-order valence-electron chi connectivity index (χ4n) is 9.82. The molecule has 3 aromatic carbocycles. The molecule has 344 valence electrons. The predicted octanol–water partition coefficient (Wildman–Crippen LogP) is 8.35. The van der Waals surface area contributed by atoms with E-state index in [-0.39, 0.29) is 27.3 Å². The van der Waals surface area contributed by atoms with Gasteiger partial charge in [-0.15, -0.1) is 4.91 Å². The fourth-order valence-corrected chi connectivity index (χ4v) is 10.9. The van der Waals surface area contributed by atoms with Crippen molar-refractivity contribution in [2.75, 3.05) is 70.5 Å². The van der Waals surface area contributed by atoms with E-state index in [2.05, 4.69) is 60.7 Å². The molecule has 3 aromatic heterocycles. The van der Waals surface area contributed by atoms with Crippen LogP contribution in [-0.2, 0) is 14.8 Å². The van der Waals surface area contributed by atoms with Gasteiger partial charge in [0.2, 0.25) is 0 Å². The van der Waals surface area contributed by atoms with Gasteiger partial charge in [-0.1, -0.05) is 43.2 Å². The number of benzene rings is 3. The second-order valence-electron chi connectivity index (χ2n) is 18.9. The Morgan fingerprint density at radius 2 is 1.77 bits per heavy atom. The number of hydrogen-bond donors (Lipinski definition) is 2. The van der Waals surface area contributed by atoms with Crippen LogP contribution in [0.2, 0.25) is 5.02 Å². The van der Waals surface area contributed by atoms with Crippen molar-refractivity contribution in [2.45, 2.75) is 56.9 Å². The first-order valence-corrected chi connectivity index (χ1v) is 24.7. The summed E-state index contributed by atoms with van der Waals surface area (Å²) in [6.07, 6.45) is 8.56. The molecule has 17 heteroatoms. The van der Waals surface area contributed by atoms with E-state index < -0.39 is 15.9 Å². The van der Waals surface area contributed by atoms with E-state index in [1.807, 2.05) is 42.6 Å². The van der Waals surface area contributed by atoms with Gasteiger partial charge in [-0.05, 0) is 134 Å². The minimum atomic E-state index is -4.47. The van der Waals surface area contributed by atoms with Crippen LogP contribution in [-0.4, -0.2) is 116 Å². The number of likely N-dealkylation sites (tertiary alicyclic amines) is 1. The molecule has 0 unspecified atom stereocenters. The van der Waals surface area contributed by atoms with Crippen molar-refractivity contribution in [1.82, 2.24) is 34.3 Å². The van der Waals surface area contributed by atoms with Gasteiger partial charge in [0.1, 0.15) is 16.9 Å². The summed E-state index contributed by atoms with van der Waals surface area (Å²) in [4.78, 5) is 41.1. The van der Waals surface area contributed by atoms with Crippen LogP contribution in [0, 0.1) is 16.2 Å². The lowest BCUT2D eigenvalue weighted by Crippen LogP contribution is -2.52. The molecule has 0 radical (unpaired) electrons. The molecule has 6 heterocycles. The number of halogens is 1. The van der Waals surface area contributed by atoms with Gasteiger partial charge in [0, 0.05) is 55.0 Å². The number of ether oxygens (including phenoxy) is 2. The van der Waals surface area contributed by atoms with E-state index in [1.54, 1.807) is 16.9 Å². The molecule has 2 N–H and O–H groups in total. The molecule has 15 nitrogen and oxygen atoms in total. The Balaban J connectivity index is 0.873. The van der Waals surface area contributed by atoms with E-state index in [9.17, 15) is 18.1 Å². The molecule has 0 atom stereocenters. The molecule has 1 aliphatic carbocycles. The number of nitroso groups, excluding NO2 is 1. The Kier molecular flexibility index (Phi) is 12.2. The lowest BCUT2D eigenvalue weighted by molar-refractivity contribution is -0.0750. The van der Waals surface area contributed by atoms with Crippen LogP contribution in [0.3, 0.4) is 0 Å². The highest BCUT2D eigenvalue weighted by atomic mass is 35.5. The largest absolute Gasteiger partial charge is 0.491 e. The number of allylic oxidation sites excluding steroid dienone is 1. The zero-order valence-electron chi connectivity index (χ0n) is 37.2. The number of nitrogens with zero attached hydrogens (tertiary/aromatic N) is 7. The second kappa shape index (κ2) is 18.2. The van der Waals surface area contributed by atoms with Gasteiger partial charge in [0.15, 0.2) is 5.69 Å². The first kappa shape index (κ1) is 44.2. The molecule has 3 aliphatic heterocycles. The van der Waals surface area contributed by atoms with Gasteiger partial charge in [0.25, 0.3) is 15.9 Å². The summed E-state index contributed by atoms with van der Waals surface area (Å²) >= 11 is 6.27. The molecule has 4 aliphatic rings. The number of carbonyl (C=O) groups excluding carboxylic acids is 1. The highest BCUT2D eigenvalue weighted by Crippen LogP contribution is 2.43. The van der Waals surface area contributed by atoms with Crippen molar-refractivity contribution in [3.63, 3.8) is 0 Å². The number of pyridine rings is 1. The van der Waals surface area contributed by atoms with E-state index >= 15 is 0 Å². The number of aromatic nitrogens is 4. The Morgan fingerprint density at radius 3 is 2.52 bits per heavy atom. The molecular formula is C49H54ClN9O6S. The third-order valence-corrected chi connectivity index (χ3v) is 15.5. The minimum absolute atomic E-state index is 0.0894. The molecule has 3 fully saturated rings. The molecule has 0 bridgehead atoms. The quantitative estimate of drug-likeness (QED) is 0.107. The van der Waals surface area contributed by atoms with Crippen LogP contribution in [0.25, 0.3) is 33.3 Å². The number of carbonyl (C=O) groups is 1. The number of aromatic amines is 1. The maximum Gasteiger partial charge on any atom is 0.267 e. The van der Waals surface area contributed by atoms with Crippen molar-refractivity contribution in [3.05, 3.63) is 112 Å². The van der Waals surface area contributed by atoms with Gasteiger partial charge in [-0.2, -0.15) is 5.10 Å². The maximum absolute atomic E-state index is 14.2. The monoisotopic (exact) mass is 931 g/mol. The Labute approximate surface area is 389 Å². The van der Waals surface area contributed by atoms with Crippen LogP contribution < -0.4 is 14.4 Å². The van der Waals surface area contributed by atoms with Gasteiger partial charge < -0.3 is 19.4 Å². The van der Waals surface area contributed by atoms with Gasteiger partial charge in [-0.3, -0.25) is 14.6 Å². The topological polar surface area (TPSA) is 167 Å². The van der Waals surface area contributed by atoms with Crippen LogP contribution in [0.15, 0.2) is 101 Å². The molecule has 6 aromatic rings. The third-order valence-electron chi connectivity index (χ3n) is 13.9. The zero-order chi connectivity index (χ0) is 45.6. The SMILES string of the molecule is CC1(C)CCC(CN2CCN(c3ccc(C(=O)NS(=O)(=O)c4ccc(OCC5CCN(C6COC6)CC5)c(N=O)c4)c(-n4ncc5nc6[nH]ccc6cc54)c3)CC2)=C(c2ccc(Cl)cc2)C1. The summed E-state index contributed by atoms with van der Waals surface area (Å²) in [7, 11) is -4.47. The average Bonchev–Trinajstić information content (AvgIpc) is 3.94. The van der Waals surface area contributed by atoms with Crippen molar-refractivity contribution in [3.8, 4) is 11.4 Å².